The first-order valence-corrected chi connectivity index (χ1v) is 12.6. The molecular weight excluding hydrogens is 473 g/mol. The number of nitrogens with one attached hydrogen (secondary N) is 2. The molecule has 0 radical (unpaired) electrons. The van der Waals surface area contributed by atoms with Crippen LogP contribution in [0.2, 0.25) is 10.0 Å². The molecule has 1 aliphatic heterocycles. The van der Waals surface area contributed by atoms with Crippen LogP contribution in [0, 0.1) is 6.92 Å². The normalized spacial score (nSPS) is 14.5. The number of aryl methyl sites for hydroxylation is 1. The minimum atomic E-state index is 0.748. The van der Waals surface area contributed by atoms with E-state index in [-0.39, 0.29) is 0 Å². The average Bonchev–Trinajstić information content (AvgIpc) is 3.56. The van der Waals surface area contributed by atoms with Gasteiger partial charge < -0.3 is 9.97 Å². The number of nitrogens with zero attached hydrogens (tertiary/aromatic N) is 1. The van der Waals surface area contributed by atoms with Gasteiger partial charge >= 0.3 is 0 Å². The van der Waals surface area contributed by atoms with Gasteiger partial charge in [-0.05, 0) is 96.1 Å². The summed E-state index contributed by atoms with van der Waals surface area (Å²) in [6, 6.07) is 20.5. The van der Waals surface area contributed by atoms with Gasteiger partial charge in [0.25, 0.3) is 0 Å². The number of halogens is 2. The van der Waals surface area contributed by atoms with Crippen LogP contribution in [0.25, 0.3) is 6.08 Å². The van der Waals surface area contributed by atoms with Crippen molar-refractivity contribution in [3.05, 3.63) is 134 Å². The molecular formula is C30H27Cl2N3. The van der Waals surface area contributed by atoms with E-state index in [0.717, 1.165) is 57.8 Å². The highest BCUT2D eigenvalue weighted by Crippen LogP contribution is 2.27. The molecule has 3 heterocycles. The largest absolute Gasteiger partial charge is 0.360 e. The van der Waals surface area contributed by atoms with E-state index in [1.807, 2.05) is 30.5 Å². The lowest BCUT2D eigenvalue weighted by atomic mass is 10.0. The smallest absolute Gasteiger partial charge is 0.0904 e. The van der Waals surface area contributed by atoms with Crippen molar-refractivity contribution in [1.29, 1.82) is 0 Å². The predicted octanol–water partition coefficient (Wildman–Crippen LogP) is 8.32. The van der Waals surface area contributed by atoms with Crippen LogP contribution in [0.5, 0.6) is 0 Å². The highest BCUT2D eigenvalue weighted by Gasteiger charge is 2.18. The molecule has 5 heteroatoms. The lowest BCUT2D eigenvalue weighted by molar-refractivity contribution is 1.10. The number of allylic oxidation sites excluding steroid dienone is 2. The van der Waals surface area contributed by atoms with Crippen molar-refractivity contribution in [2.75, 3.05) is 0 Å². The van der Waals surface area contributed by atoms with Gasteiger partial charge in [-0.25, -0.2) is 4.99 Å². The zero-order valence-corrected chi connectivity index (χ0v) is 21.3. The molecule has 0 saturated carbocycles. The highest BCUT2D eigenvalue weighted by atomic mass is 35.5. The molecule has 0 saturated heterocycles. The van der Waals surface area contributed by atoms with Crippen LogP contribution in [0.1, 0.15) is 52.7 Å². The Kier molecular flexibility index (Phi) is 6.81. The summed E-state index contributed by atoms with van der Waals surface area (Å²) >= 11 is 12.2. The van der Waals surface area contributed by atoms with Gasteiger partial charge in [0.15, 0.2) is 0 Å². The van der Waals surface area contributed by atoms with Crippen LogP contribution in [0.15, 0.2) is 89.2 Å². The molecule has 3 nitrogen and oxygen atoms in total. The predicted molar refractivity (Wildman–Crippen MR) is 148 cm³/mol. The zero-order chi connectivity index (χ0) is 24.4. The molecule has 0 unspecified atom stereocenters. The van der Waals surface area contributed by atoms with Crippen molar-refractivity contribution in [2.45, 2.75) is 33.1 Å². The van der Waals surface area contributed by atoms with Crippen LogP contribution in [-0.2, 0) is 12.8 Å². The third-order valence-electron chi connectivity index (χ3n) is 6.23. The second-order valence-corrected chi connectivity index (χ2v) is 9.86. The first kappa shape index (κ1) is 23.5. The summed E-state index contributed by atoms with van der Waals surface area (Å²) < 4.78 is 0. The molecule has 0 atom stereocenters. The van der Waals surface area contributed by atoms with Crippen LogP contribution < -0.4 is 0 Å². The number of hydrogen-bond donors (Lipinski definition) is 2. The second kappa shape index (κ2) is 10.2. The van der Waals surface area contributed by atoms with Crippen molar-refractivity contribution in [2.24, 2.45) is 4.99 Å². The minimum absolute atomic E-state index is 0.748. The maximum absolute atomic E-state index is 6.11. The molecule has 0 spiro atoms. The van der Waals surface area contributed by atoms with Gasteiger partial charge in [-0.15, -0.1) is 0 Å². The summed E-state index contributed by atoms with van der Waals surface area (Å²) in [5.74, 6) is 0. The fourth-order valence-electron chi connectivity index (χ4n) is 4.44. The Bertz CT molecular complexity index is 1430. The molecule has 2 aromatic carbocycles. The molecule has 0 aliphatic carbocycles. The summed E-state index contributed by atoms with van der Waals surface area (Å²) in [5.41, 5.74) is 11.4. The number of aromatic nitrogens is 2. The van der Waals surface area contributed by atoms with Crippen molar-refractivity contribution >= 4 is 35.0 Å². The minimum Gasteiger partial charge on any atom is -0.360 e. The summed E-state index contributed by atoms with van der Waals surface area (Å²) in [6.07, 6.45) is 8.92. The van der Waals surface area contributed by atoms with Crippen LogP contribution >= 0.6 is 23.2 Å². The summed E-state index contributed by atoms with van der Waals surface area (Å²) in [5, 5.41) is 1.50. The number of H-pyrrole nitrogens is 2. The Hall–Kier alpha value is -3.27. The quantitative estimate of drug-likeness (QED) is 0.256. The van der Waals surface area contributed by atoms with Gasteiger partial charge in [0.2, 0.25) is 0 Å². The van der Waals surface area contributed by atoms with Crippen LogP contribution in [0.4, 0.5) is 0 Å². The summed E-state index contributed by atoms with van der Waals surface area (Å²) in [7, 11) is 0. The molecule has 0 bridgehead atoms. The van der Waals surface area contributed by atoms with Gasteiger partial charge in [0.05, 0.1) is 17.1 Å². The van der Waals surface area contributed by atoms with Gasteiger partial charge in [0, 0.05) is 34.1 Å². The first-order valence-electron chi connectivity index (χ1n) is 11.8. The number of rotatable bonds is 7. The molecule has 0 fully saturated rings. The van der Waals surface area contributed by atoms with Crippen molar-refractivity contribution in [1.82, 2.24) is 9.97 Å². The van der Waals surface area contributed by atoms with E-state index >= 15 is 0 Å². The molecule has 2 N–H and O–H groups in total. The van der Waals surface area contributed by atoms with Crippen molar-refractivity contribution in [3.63, 3.8) is 0 Å². The Balaban J connectivity index is 1.50. The highest BCUT2D eigenvalue weighted by molar-refractivity contribution is 6.30. The third kappa shape index (κ3) is 5.53. The van der Waals surface area contributed by atoms with Gasteiger partial charge in [-0.2, -0.15) is 0 Å². The third-order valence-corrected chi connectivity index (χ3v) is 6.73. The fraction of sp³-hybridized carbons (Fsp3) is 0.167. The number of hydrogen-bond acceptors (Lipinski definition) is 1. The van der Waals surface area contributed by atoms with E-state index in [1.165, 1.54) is 27.8 Å². The lowest BCUT2D eigenvalue weighted by Crippen LogP contribution is -2.01. The lowest BCUT2D eigenvalue weighted by Gasteiger charge is -2.02. The molecule has 2 aromatic heterocycles. The SMILES string of the molecule is CCC1=C/C(=C/c2[nH]c(Cc3ccc(Cl)cc3)cc2Cc2ccc(Cl)cc2)N=C1c1cc(C)c[nH]1. The molecule has 35 heavy (non-hydrogen) atoms. The molecule has 5 rings (SSSR count). The van der Waals surface area contributed by atoms with E-state index in [4.69, 9.17) is 28.2 Å². The summed E-state index contributed by atoms with van der Waals surface area (Å²) in [4.78, 5) is 12.0. The molecule has 1 aliphatic rings. The van der Waals surface area contributed by atoms with Crippen molar-refractivity contribution in [3.8, 4) is 0 Å². The standard InChI is InChI=1S/C30H27Cl2N3/c1-3-22-15-27(35-30(22)29-12-19(2)18-33-29)17-28-23(13-20-4-8-24(31)9-5-20)16-26(34-28)14-21-6-10-25(32)11-7-21/h4-12,15-18,33-34H,3,13-14H2,1-2H3/b27-17-. The van der Waals surface area contributed by atoms with E-state index in [0.29, 0.717) is 0 Å². The topological polar surface area (TPSA) is 43.9 Å². The fourth-order valence-corrected chi connectivity index (χ4v) is 4.69. The Morgan fingerprint density at radius 3 is 2.14 bits per heavy atom. The van der Waals surface area contributed by atoms with Gasteiger partial charge in [0.1, 0.15) is 0 Å². The van der Waals surface area contributed by atoms with Gasteiger partial charge in [-0.3, -0.25) is 0 Å². The first-order chi connectivity index (χ1) is 17.0. The number of aliphatic imine (C=N–C) groups is 1. The molecule has 176 valence electrons. The molecule has 0 amide bonds. The van der Waals surface area contributed by atoms with Gasteiger partial charge in [-0.1, -0.05) is 54.4 Å². The molecule has 4 aromatic rings. The Labute approximate surface area is 216 Å². The van der Waals surface area contributed by atoms with E-state index < -0.39 is 0 Å². The number of benzene rings is 2. The monoisotopic (exact) mass is 499 g/mol. The Morgan fingerprint density at radius 1 is 0.886 bits per heavy atom. The summed E-state index contributed by atoms with van der Waals surface area (Å²) in [6.45, 7) is 4.26. The Morgan fingerprint density at radius 2 is 1.54 bits per heavy atom. The van der Waals surface area contributed by atoms with Crippen molar-refractivity contribution < 1.29 is 0 Å². The van der Waals surface area contributed by atoms with Crippen LogP contribution in [0.3, 0.4) is 0 Å². The maximum Gasteiger partial charge on any atom is 0.0904 e. The zero-order valence-electron chi connectivity index (χ0n) is 19.8. The second-order valence-electron chi connectivity index (χ2n) is 8.98. The van der Waals surface area contributed by atoms with Crippen LogP contribution in [-0.4, -0.2) is 15.7 Å². The number of aromatic amines is 2. The maximum atomic E-state index is 6.11. The average molecular weight is 500 g/mol. The van der Waals surface area contributed by atoms with E-state index in [9.17, 15) is 0 Å². The van der Waals surface area contributed by atoms with E-state index in [1.54, 1.807) is 0 Å². The van der Waals surface area contributed by atoms with E-state index in [2.05, 4.69) is 72.4 Å².